The minimum absolute atomic E-state index is 0.0710. The standard InChI is InChI=1S/C15H21N3O3/c1-10(2)18-14(19)7-8-16-15(20)13-9-17-11-5-3-4-6-12(11)21-13/h3-6,10,13,17H,7-9H2,1-2H3,(H,16,20)(H,18,19). The van der Waals surface area contributed by atoms with Crippen LogP contribution in [0.1, 0.15) is 20.3 Å². The van der Waals surface area contributed by atoms with Crippen molar-refractivity contribution in [1.29, 1.82) is 0 Å². The van der Waals surface area contributed by atoms with Crippen LogP contribution in [-0.2, 0) is 9.59 Å². The van der Waals surface area contributed by atoms with Gasteiger partial charge in [0.05, 0.1) is 12.2 Å². The second-order valence-electron chi connectivity index (χ2n) is 5.25. The Morgan fingerprint density at radius 3 is 2.90 bits per heavy atom. The predicted molar refractivity (Wildman–Crippen MR) is 80.3 cm³/mol. The van der Waals surface area contributed by atoms with Gasteiger partial charge < -0.3 is 20.7 Å². The Morgan fingerprint density at radius 2 is 2.14 bits per heavy atom. The SMILES string of the molecule is CC(C)NC(=O)CCNC(=O)C1CNc2ccccc2O1. The summed E-state index contributed by atoms with van der Waals surface area (Å²) in [6.07, 6.45) is -0.311. The maximum atomic E-state index is 12.0. The van der Waals surface area contributed by atoms with Gasteiger partial charge in [0, 0.05) is 19.0 Å². The predicted octanol–water partition coefficient (Wildman–Crippen LogP) is 0.890. The van der Waals surface area contributed by atoms with E-state index in [0.29, 0.717) is 18.8 Å². The van der Waals surface area contributed by atoms with Gasteiger partial charge in [0.25, 0.3) is 5.91 Å². The van der Waals surface area contributed by atoms with E-state index in [2.05, 4.69) is 16.0 Å². The average Bonchev–Trinajstić information content (AvgIpc) is 2.45. The molecule has 6 heteroatoms. The van der Waals surface area contributed by atoms with E-state index in [1.54, 1.807) is 0 Å². The lowest BCUT2D eigenvalue weighted by Gasteiger charge is -2.26. The molecule has 0 radical (unpaired) electrons. The number of benzene rings is 1. The van der Waals surface area contributed by atoms with E-state index in [9.17, 15) is 9.59 Å². The number of nitrogens with one attached hydrogen (secondary N) is 3. The molecular formula is C15H21N3O3. The molecule has 6 nitrogen and oxygen atoms in total. The summed E-state index contributed by atoms with van der Waals surface area (Å²) >= 11 is 0. The molecule has 114 valence electrons. The number of anilines is 1. The van der Waals surface area contributed by atoms with E-state index in [4.69, 9.17) is 4.74 Å². The Labute approximate surface area is 124 Å². The van der Waals surface area contributed by atoms with Crippen molar-refractivity contribution < 1.29 is 14.3 Å². The Morgan fingerprint density at radius 1 is 1.38 bits per heavy atom. The summed E-state index contributed by atoms with van der Waals surface area (Å²) in [6, 6.07) is 7.59. The highest BCUT2D eigenvalue weighted by Crippen LogP contribution is 2.28. The normalized spacial score (nSPS) is 16.4. The summed E-state index contributed by atoms with van der Waals surface area (Å²) in [5.74, 6) is 0.383. The van der Waals surface area contributed by atoms with E-state index in [-0.39, 0.29) is 24.3 Å². The zero-order valence-electron chi connectivity index (χ0n) is 12.3. The third kappa shape index (κ3) is 4.37. The second-order valence-corrected chi connectivity index (χ2v) is 5.25. The summed E-state index contributed by atoms with van der Waals surface area (Å²) in [7, 11) is 0. The molecule has 1 heterocycles. The molecule has 0 aliphatic carbocycles. The summed E-state index contributed by atoms with van der Waals surface area (Å²) in [5.41, 5.74) is 0.887. The van der Waals surface area contributed by atoms with Gasteiger partial charge in [-0.3, -0.25) is 9.59 Å². The Balaban J connectivity index is 1.76. The van der Waals surface area contributed by atoms with Crippen molar-refractivity contribution >= 4 is 17.5 Å². The van der Waals surface area contributed by atoms with E-state index in [1.807, 2.05) is 38.1 Å². The van der Waals surface area contributed by atoms with Crippen LogP contribution < -0.4 is 20.7 Å². The van der Waals surface area contributed by atoms with Crippen LogP contribution in [0.15, 0.2) is 24.3 Å². The minimum atomic E-state index is -0.576. The first-order chi connectivity index (χ1) is 10.1. The van der Waals surface area contributed by atoms with E-state index in [1.165, 1.54) is 0 Å². The smallest absolute Gasteiger partial charge is 0.262 e. The lowest BCUT2D eigenvalue weighted by Crippen LogP contribution is -2.45. The fourth-order valence-electron chi connectivity index (χ4n) is 2.07. The number of hydrogen-bond donors (Lipinski definition) is 3. The maximum absolute atomic E-state index is 12.0. The summed E-state index contributed by atoms with van der Waals surface area (Å²) in [6.45, 7) is 4.52. The van der Waals surface area contributed by atoms with Crippen LogP contribution >= 0.6 is 0 Å². The molecule has 0 saturated carbocycles. The molecular weight excluding hydrogens is 270 g/mol. The van der Waals surface area contributed by atoms with Gasteiger partial charge in [-0.15, -0.1) is 0 Å². The van der Waals surface area contributed by atoms with Crippen molar-refractivity contribution in [3.8, 4) is 5.75 Å². The molecule has 0 fully saturated rings. The monoisotopic (exact) mass is 291 g/mol. The highest BCUT2D eigenvalue weighted by Gasteiger charge is 2.25. The fraction of sp³-hybridized carbons (Fsp3) is 0.467. The Bertz CT molecular complexity index is 517. The molecule has 1 aromatic rings. The average molecular weight is 291 g/mol. The van der Waals surface area contributed by atoms with E-state index >= 15 is 0 Å². The van der Waals surface area contributed by atoms with Crippen molar-refractivity contribution in [2.75, 3.05) is 18.4 Å². The number of carbonyl (C=O) groups is 2. The van der Waals surface area contributed by atoms with Crippen molar-refractivity contribution in [1.82, 2.24) is 10.6 Å². The zero-order valence-corrected chi connectivity index (χ0v) is 12.3. The first-order valence-electron chi connectivity index (χ1n) is 7.13. The number of para-hydroxylation sites is 2. The van der Waals surface area contributed by atoms with Gasteiger partial charge in [0.1, 0.15) is 5.75 Å². The second kappa shape index (κ2) is 6.97. The number of rotatable bonds is 5. The molecule has 0 bridgehead atoms. The largest absolute Gasteiger partial charge is 0.477 e. The van der Waals surface area contributed by atoms with Gasteiger partial charge in [0.2, 0.25) is 5.91 Å². The van der Waals surface area contributed by atoms with Crippen LogP contribution in [0, 0.1) is 0 Å². The first kappa shape index (κ1) is 15.2. The molecule has 0 saturated heterocycles. The third-order valence-corrected chi connectivity index (χ3v) is 3.03. The highest BCUT2D eigenvalue weighted by molar-refractivity contribution is 5.84. The zero-order chi connectivity index (χ0) is 15.2. The lowest BCUT2D eigenvalue weighted by molar-refractivity contribution is -0.127. The number of carbonyl (C=O) groups excluding carboxylic acids is 2. The van der Waals surface area contributed by atoms with Crippen LogP contribution in [0.2, 0.25) is 0 Å². The van der Waals surface area contributed by atoms with Gasteiger partial charge in [0.15, 0.2) is 6.10 Å². The molecule has 0 aromatic heterocycles. The Kier molecular flexibility index (Phi) is 5.03. The summed E-state index contributed by atoms with van der Waals surface area (Å²) < 4.78 is 5.64. The first-order valence-corrected chi connectivity index (χ1v) is 7.13. The molecule has 0 spiro atoms. The highest BCUT2D eigenvalue weighted by atomic mass is 16.5. The molecule has 1 aliphatic heterocycles. The van der Waals surface area contributed by atoms with Gasteiger partial charge in [-0.2, -0.15) is 0 Å². The Hall–Kier alpha value is -2.24. The summed E-state index contributed by atoms with van der Waals surface area (Å²) in [5, 5.41) is 8.65. The molecule has 21 heavy (non-hydrogen) atoms. The minimum Gasteiger partial charge on any atom is -0.477 e. The molecule has 1 atom stereocenters. The quantitative estimate of drug-likeness (QED) is 0.753. The molecule has 1 aromatic carbocycles. The van der Waals surface area contributed by atoms with Gasteiger partial charge in [-0.1, -0.05) is 12.1 Å². The number of hydrogen-bond acceptors (Lipinski definition) is 4. The van der Waals surface area contributed by atoms with Crippen molar-refractivity contribution in [2.24, 2.45) is 0 Å². The summed E-state index contributed by atoms with van der Waals surface area (Å²) in [4.78, 5) is 23.5. The topological polar surface area (TPSA) is 79.5 Å². The van der Waals surface area contributed by atoms with Crippen molar-refractivity contribution in [2.45, 2.75) is 32.4 Å². The van der Waals surface area contributed by atoms with E-state index in [0.717, 1.165) is 5.69 Å². The number of amides is 2. The number of fused-ring (bicyclic) bond motifs is 1. The van der Waals surface area contributed by atoms with Crippen LogP contribution in [0.5, 0.6) is 5.75 Å². The maximum Gasteiger partial charge on any atom is 0.262 e. The van der Waals surface area contributed by atoms with Crippen LogP contribution in [-0.4, -0.2) is 37.0 Å². The fourth-order valence-corrected chi connectivity index (χ4v) is 2.07. The molecule has 3 N–H and O–H groups in total. The lowest BCUT2D eigenvalue weighted by atomic mass is 10.2. The van der Waals surface area contributed by atoms with Crippen LogP contribution in [0.25, 0.3) is 0 Å². The van der Waals surface area contributed by atoms with Crippen LogP contribution in [0.3, 0.4) is 0 Å². The molecule has 2 rings (SSSR count). The third-order valence-electron chi connectivity index (χ3n) is 3.03. The molecule has 1 aliphatic rings. The molecule has 2 amide bonds. The van der Waals surface area contributed by atoms with E-state index < -0.39 is 6.10 Å². The van der Waals surface area contributed by atoms with Gasteiger partial charge >= 0.3 is 0 Å². The molecule has 1 unspecified atom stereocenters. The van der Waals surface area contributed by atoms with Gasteiger partial charge in [-0.25, -0.2) is 0 Å². The number of ether oxygens (including phenoxy) is 1. The van der Waals surface area contributed by atoms with Crippen molar-refractivity contribution in [3.05, 3.63) is 24.3 Å². The van der Waals surface area contributed by atoms with Crippen LogP contribution in [0.4, 0.5) is 5.69 Å². The van der Waals surface area contributed by atoms with Crippen molar-refractivity contribution in [3.63, 3.8) is 0 Å². The van der Waals surface area contributed by atoms with Gasteiger partial charge in [-0.05, 0) is 26.0 Å².